The van der Waals surface area contributed by atoms with Crippen molar-refractivity contribution in [3.8, 4) is 0 Å². The van der Waals surface area contributed by atoms with Gasteiger partial charge >= 0.3 is 0 Å². The summed E-state index contributed by atoms with van der Waals surface area (Å²) in [6, 6.07) is 30.7. The highest BCUT2D eigenvalue weighted by Gasteiger charge is 2.20. The molecule has 0 amide bonds. The Kier molecular flexibility index (Phi) is 4.77. The zero-order valence-corrected chi connectivity index (χ0v) is 17.0. The minimum absolute atomic E-state index is 1.07. The van der Waals surface area contributed by atoms with Gasteiger partial charge in [0, 0.05) is 18.0 Å². The third kappa shape index (κ3) is 3.29. The minimum atomic E-state index is 1.07. The zero-order valence-electron chi connectivity index (χ0n) is 17.0. The van der Waals surface area contributed by atoms with Gasteiger partial charge in [-0.2, -0.15) is 4.57 Å². The molecule has 0 fully saturated rings. The Morgan fingerprint density at radius 1 is 0.724 bits per heavy atom. The number of pyridine rings is 1. The third-order valence-electron chi connectivity index (χ3n) is 6.10. The van der Waals surface area contributed by atoms with Crippen LogP contribution in [0.15, 0.2) is 84.9 Å². The van der Waals surface area contributed by atoms with Gasteiger partial charge in [0.25, 0.3) is 0 Å². The summed E-state index contributed by atoms with van der Waals surface area (Å²) in [5.41, 5.74) is 6.75. The molecule has 0 unspecified atom stereocenters. The van der Waals surface area contributed by atoms with Crippen molar-refractivity contribution in [3.05, 3.63) is 90.5 Å². The molecule has 0 aliphatic heterocycles. The van der Waals surface area contributed by atoms with Gasteiger partial charge in [0.15, 0.2) is 0 Å². The summed E-state index contributed by atoms with van der Waals surface area (Å²) in [5.74, 6) is 0. The van der Waals surface area contributed by atoms with Crippen molar-refractivity contribution in [3.63, 3.8) is 0 Å². The second-order valence-electron chi connectivity index (χ2n) is 7.96. The minimum Gasteiger partial charge on any atom is -0.335 e. The molecule has 2 aromatic heterocycles. The molecule has 5 rings (SSSR count). The van der Waals surface area contributed by atoms with Gasteiger partial charge in [0.05, 0.1) is 10.9 Å². The summed E-state index contributed by atoms with van der Waals surface area (Å²) in [6.45, 7) is 1.07. The van der Waals surface area contributed by atoms with E-state index in [2.05, 4.69) is 101 Å². The zero-order chi connectivity index (χ0) is 19.6. The summed E-state index contributed by atoms with van der Waals surface area (Å²) in [7, 11) is 2.20. The number of benzene rings is 3. The molecule has 3 aromatic carbocycles. The number of para-hydroxylation sites is 2. The number of hydrogen-bond donors (Lipinski definition) is 0. The second kappa shape index (κ2) is 7.71. The average Bonchev–Trinajstić information content (AvgIpc) is 3.08. The second-order valence-corrected chi connectivity index (χ2v) is 7.96. The lowest BCUT2D eigenvalue weighted by Gasteiger charge is -2.07. The molecule has 0 aliphatic rings. The number of aromatic nitrogens is 2. The molecule has 144 valence electrons. The molecule has 2 heteroatoms. The molecule has 5 aromatic rings. The van der Waals surface area contributed by atoms with Crippen LogP contribution in [0.4, 0.5) is 0 Å². The van der Waals surface area contributed by atoms with Crippen LogP contribution < -0.4 is 4.57 Å². The van der Waals surface area contributed by atoms with Crippen molar-refractivity contribution in [1.29, 1.82) is 0 Å². The van der Waals surface area contributed by atoms with Crippen molar-refractivity contribution in [2.45, 2.75) is 32.2 Å². The van der Waals surface area contributed by atoms with E-state index >= 15 is 0 Å². The number of fused-ring (bicyclic) bond motifs is 4. The van der Waals surface area contributed by atoms with E-state index in [9.17, 15) is 0 Å². The molecule has 0 N–H and O–H groups in total. The van der Waals surface area contributed by atoms with Gasteiger partial charge in [-0.25, -0.2) is 0 Å². The summed E-state index contributed by atoms with van der Waals surface area (Å²) >= 11 is 0. The van der Waals surface area contributed by atoms with Gasteiger partial charge in [-0.1, -0.05) is 61.0 Å². The largest absolute Gasteiger partial charge is 0.335 e. The highest BCUT2D eigenvalue weighted by molar-refractivity contribution is 6.06. The number of unbranched alkanes of at least 4 members (excludes halogenated alkanes) is 2. The van der Waals surface area contributed by atoms with Gasteiger partial charge in [0.1, 0.15) is 12.6 Å². The third-order valence-corrected chi connectivity index (χ3v) is 6.10. The number of aryl methyl sites for hydroxylation is 3. The number of rotatable bonds is 6. The van der Waals surface area contributed by atoms with E-state index in [0.29, 0.717) is 0 Å². The van der Waals surface area contributed by atoms with Crippen LogP contribution >= 0.6 is 0 Å². The molecule has 0 saturated heterocycles. The van der Waals surface area contributed by atoms with E-state index in [1.807, 2.05) is 0 Å². The number of nitrogens with zero attached hydrogens (tertiary/aromatic N) is 2. The predicted molar refractivity (Wildman–Crippen MR) is 122 cm³/mol. The van der Waals surface area contributed by atoms with E-state index in [1.165, 1.54) is 64.1 Å². The van der Waals surface area contributed by atoms with Crippen LogP contribution in [-0.4, -0.2) is 4.57 Å². The van der Waals surface area contributed by atoms with Gasteiger partial charge in [0.2, 0.25) is 11.0 Å². The fourth-order valence-electron chi connectivity index (χ4n) is 4.65. The van der Waals surface area contributed by atoms with Crippen LogP contribution in [-0.2, 0) is 20.0 Å². The van der Waals surface area contributed by atoms with Gasteiger partial charge in [-0.05, 0) is 49.1 Å². The van der Waals surface area contributed by atoms with E-state index in [0.717, 1.165) is 6.54 Å². The van der Waals surface area contributed by atoms with Crippen LogP contribution in [0.1, 0.15) is 24.8 Å². The van der Waals surface area contributed by atoms with Gasteiger partial charge < -0.3 is 4.57 Å². The van der Waals surface area contributed by atoms with Crippen molar-refractivity contribution < 1.29 is 4.57 Å². The standard InChI is InChI=1S/C27H27N2/c1-28-24-17-9-7-15-22(24)20-26-27(28)23-16-8-10-18-25(23)29(26)19-11-3-6-14-21-12-4-2-5-13-21/h2,4-5,7-10,12-13,15-18,20H,3,6,11,14,19H2,1H3/q+1. The predicted octanol–water partition coefficient (Wildman–Crippen LogP) is 6.19. The summed E-state index contributed by atoms with van der Waals surface area (Å²) in [4.78, 5) is 0. The van der Waals surface area contributed by atoms with Crippen LogP contribution in [0.3, 0.4) is 0 Å². The van der Waals surface area contributed by atoms with E-state index in [-0.39, 0.29) is 0 Å². The Morgan fingerprint density at radius 3 is 2.38 bits per heavy atom. The Hall–Kier alpha value is -3.13. The Balaban J connectivity index is 1.46. The fraction of sp³-hybridized carbons (Fsp3) is 0.222. The maximum absolute atomic E-state index is 2.53. The van der Waals surface area contributed by atoms with E-state index < -0.39 is 0 Å². The summed E-state index contributed by atoms with van der Waals surface area (Å²) in [6.07, 6.45) is 4.88. The normalized spacial score (nSPS) is 11.6. The lowest BCUT2D eigenvalue weighted by atomic mass is 10.1. The molecule has 29 heavy (non-hydrogen) atoms. The lowest BCUT2D eigenvalue weighted by Crippen LogP contribution is -2.29. The highest BCUT2D eigenvalue weighted by Crippen LogP contribution is 2.29. The molecule has 0 atom stereocenters. The summed E-state index contributed by atoms with van der Waals surface area (Å²) in [5, 5.41) is 2.65. The summed E-state index contributed by atoms with van der Waals surface area (Å²) < 4.78 is 4.89. The first-order valence-electron chi connectivity index (χ1n) is 10.7. The molecular formula is C27H27N2+. The SMILES string of the molecule is C[n+]1c2ccccc2cc2c1c1ccccc1n2CCCCCc1ccccc1. The molecule has 0 bridgehead atoms. The molecule has 0 spiro atoms. The maximum atomic E-state index is 2.53. The topological polar surface area (TPSA) is 8.81 Å². The smallest absolute Gasteiger partial charge is 0.238 e. The van der Waals surface area contributed by atoms with E-state index in [1.54, 1.807) is 0 Å². The van der Waals surface area contributed by atoms with Crippen molar-refractivity contribution in [2.75, 3.05) is 0 Å². The van der Waals surface area contributed by atoms with Crippen molar-refractivity contribution >= 4 is 32.8 Å². The van der Waals surface area contributed by atoms with Crippen LogP contribution in [0.5, 0.6) is 0 Å². The van der Waals surface area contributed by atoms with E-state index in [4.69, 9.17) is 0 Å². The van der Waals surface area contributed by atoms with Crippen LogP contribution in [0, 0.1) is 0 Å². The van der Waals surface area contributed by atoms with Crippen molar-refractivity contribution in [1.82, 2.24) is 4.57 Å². The van der Waals surface area contributed by atoms with Crippen LogP contribution in [0.25, 0.3) is 32.8 Å². The lowest BCUT2D eigenvalue weighted by molar-refractivity contribution is -0.616. The molecule has 0 saturated carbocycles. The quantitative estimate of drug-likeness (QED) is 0.246. The first kappa shape index (κ1) is 17.9. The molecular weight excluding hydrogens is 352 g/mol. The van der Waals surface area contributed by atoms with Crippen LogP contribution in [0.2, 0.25) is 0 Å². The first-order chi connectivity index (χ1) is 14.3. The number of hydrogen-bond acceptors (Lipinski definition) is 0. The average molecular weight is 380 g/mol. The van der Waals surface area contributed by atoms with Crippen molar-refractivity contribution in [2.24, 2.45) is 7.05 Å². The van der Waals surface area contributed by atoms with Gasteiger partial charge in [-0.15, -0.1) is 0 Å². The van der Waals surface area contributed by atoms with Gasteiger partial charge in [-0.3, -0.25) is 0 Å². The Morgan fingerprint density at radius 2 is 1.48 bits per heavy atom. The molecule has 2 heterocycles. The molecule has 0 aliphatic carbocycles. The first-order valence-corrected chi connectivity index (χ1v) is 10.7. The Bertz CT molecular complexity index is 1280. The fourth-order valence-corrected chi connectivity index (χ4v) is 4.65. The monoisotopic (exact) mass is 379 g/mol. The molecule has 0 radical (unpaired) electrons. The maximum Gasteiger partial charge on any atom is 0.238 e. The molecule has 2 nitrogen and oxygen atoms in total. The highest BCUT2D eigenvalue weighted by atomic mass is 15.0. The Labute approximate surface area is 172 Å².